The van der Waals surface area contributed by atoms with Crippen molar-refractivity contribution in [3.05, 3.63) is 70.8 Å². The number of piperidine rings is 1. The lowest BCUT2D eigenvalue weighted by Gasteiger charge is -2.26. The summed E-state index contributed by atoms with van der Waals surface area (Å²) in [6.07, 6.45) is 9.08. The van der Waals surface area contributed by atoms with Crippen LogP contribution in [0.2, 0.25) is 0 Å². The van der Waals surface area contributed by atoms with Crippen LogP contribution in [0.1, 0.15) is 65.6 Å². The van der Waals surface area contributed by atoms with Crippen molar-refractivity contribution in [2.75, 3.05) is 19.6 Å². The highest BCUT2D eigenvalue weighted by Gasteiger charge is 2.10. The zero-order chi connectivity index (χ0) is 18.9. The molecule has 1 saturated heterocycles. The van der Waals surface area contributed by atoms with E-state index < -0.39 is 0 Å². The highest BCUT2D eigenvalue weighted by atomic mass is 16.1. The van der Waals surface area contributed by atoms with E-state index in [1.54, 1.807) is 0 Å². The van der Waals surface area contributed by atoms with Crippen LogP contribution in [0.5, 0.6) is 0 Å². The Balaban J connectivity index is 1.45. The van der Waals surface area contributed by atoms with Gasteiger partial charge in [-0.2, -0.15) is 0 Å². The zero-order valence-electron chi connectivity index (χ0n) is 16.8. The molecule has 0 bridgehead atoms. The Kier molecular flexibility index (Phi) is 7.65. The maximum atomic E-state index is 12.4. The Morgan fingerprint density at radius 2 is 1.48 bits per heavy atom. The van der Waals surface area contributed by atoms with Gasteiger partial charge in [0.1, 0.15) is 0 Å². The lowest BCUT2D eigenvalue weighted by atomic mass is 9.96. The molecular formula is C25H33NO. The van der Waals surface area contributed by atoms with E-state index >= 15 is 0 Å². The van der Waals surface area contributed by atoms with Crippen LogP contribution >= 0.6 is 0 Å². The lowest BCUT2D eigenvalue weighted by molar-refractivity contribution is 0.0980. The third kappa shape index (κ3) is 6.32. The van der Waals surface area contributed by atoms with Crippen LogP contribution in [0.15, 0.2) is 48.5 Å². The first-order valence-corrected chi connectivity index (χ1v) is 10.6. The van der Waals surface area contributed by atoms with E-state index in [0.29, 0.717) is 6.42 Å². The van der Waals surface area contributed by atoms with Crippen LogP contribution in [-0.2, 0) is 12.8 Å². The number of benzene rings is 2. The van der Waals surface area contributed by atoms with Crippen LogP contribution < -0.4 is 0 Å². The van der Waals surface area contributed by atoms with Crippen LogP contribution in [0.3, 0.4) is 0 Å². The molecule has 0 aliphatic carbocycles. The molecule has 2 aromatic rings. The van der Waals surface area contributed by atoms with E-state index in [9.17, 15) is 4.79 Å². The number of hydrogen-bond acceptors (Lipinski definition) is 2. The summed E-state index contributed by atoms with van der Waals surface area (Å²) in [5.41, 5.74) is 4.94. The molecule has 0 amide bonds. The summed E-state index contributed by atoms with van der Waals surface area (Å²) in [6, 6.07) is 16.7. The summed E-state index contributed by atoms with van der Waals surface area (Å²) in [6.45, 7) is 5.84. The first-order chi connectivity index (χ1) is 13.2. The summed E-state index contributed by atoms with van der Waals surface area (Å²) >= 11 is 0. The topological polar surface area (TPSA) is 20.3 Å². The number of aryl methyl sites for hydroxylation is 3. The molecule has 0 N–H and O–H groups in total. The summed E-state index contributed by atoms with van der Waals surface area (Å²) in [4.78, 5) is 15.0. The van der Waals surface area contributed by atoms with Crippen LogP contribution in [-0.4, -0.2) is 30.3 Å². The molecule has 144 valence electrons. The van der Waals surface area contributed by atoms with Gasteiger partial charge in [-0.3, -0.25) is 4.79 Å². The number of likely N-dealkylation sites (tertiary alicyclic amines) is 1. The molecular weight excluding hydrogens is 330 g/mol. The molecule has 1 fully saturated rings. The average molecular weight is 364 g/mol. The van der Waals surface area contributed by atoms with E-state index in [2.05, 4.69) is 36.1 Å². The molecule has 27 heavy (non-hydrogen) atoms. The van der Waals surface area contributed by atoms with Crippen molar-refractivity contribution in [3.8, 4) is 0 Å². The standard InChI is InChI=1S/C25H33NO/c1-21-14-16-24(17-15-21)25(27)13-7-11-22-9-3-4-10-23(22)12-8-20-26-18-5-2-6-19-26/h3-4,9-10,14-17H,2,5-8,11-13,18-20H2,1H3. The second-order valence-electron chi connectivity index (χ2n) is 7.92. The summed E-state index contributed by atoms with van der Waals surface area (Å²) < 4.78 is 0. The predicted molar refractivity (Wildman–Crippen MR) is 114 cm³/mol. The van der Waals surface area contributed by atoms with Gasteiger partial charge in [-0.1, -0.05) is 60.5 Å². The Bertz CT molecular complexity index is 713. The van der Waals surface area contributed by atoms with Gasteiger partial charge in [0.25, 0.3) is 0 Å². The summed E-state index contributed by atoms with van der Waals surface area (Å²) in [5.74, 6) is 0.262. The average Bonchev–Trinajstić information content (AvgIpc) is 2.70. The van der Waals surface area contributed by atoms with Crippen LogP contribution in [0, 0.1) is 6.92 Å². The van der Waals surface area contributed by atoms with Gasteiger partial charge in [-0.25, -0.2) is 0 Å². The molecule has 0 aromatic heterocycles. The number of carbonyl (C=O) groups excluding carboxylic acids is 1. The second kappa shape index (κ2) is 10.4. The SMILES string of the molecule is Cc1ccc(C(=O)CCCc2ccccc2CCCN2CCCCC2)cc1. The first-order valence-electron chi connectivity index (χ1n) is 10.6. The Morgan fingerprint density at radius 3 is 2.15 bits per heavy atom. The maximum Gasteiger partial charge on any atom is 0.162 e. The van der Waals surface area contributed by atoms with Crippen molar-refractivity contribution >= 4 is 5.78 Å². The van der Waals surface area contributed by atoms with E-state index in [4.69, 9.17) is 0 Å². The van der Waals surface area contributed by atoms with Crippen molar-refractivity contribution in [3.63, 3.8) is 0 Å². The van der Waals surface area contributed by atoms with Gasteiger partial charge in [0.15, 0.2) is 5.78 Å². The molecule has 1 heterocycles. The number of hydrogen-bond donors (Lipinski definition) is 0. The molecule has 2 heteroatoms. The minimum Gasteiger partial charge on any atom is -0.303 e. The van der Waals surface area contributed by atoms with Crippen molar-refractivity contribution in [1.29, 1.82) is 0 Å². The highest BCUT2D eigenvalue weighted by Crippen LogP contribution is 2.17. The molecule has 0 unspecified atom stereocenters. The van der Waals surface area contributed by atoms with Crippen molar-refractivity contribution in [1.82, 2.24) is 4.90 Å². The summed E-state index contributed by atoms with van der Waals surface area (Å²) in [5, 5.41) is 0. The third-order valence-corrected chi connectivity index (χ3v) is 5.71. The molecule has 1 aliphatic rings. The van der Waals surface area contributed by atoms with Gasteiger partial charge in [0.2, 0.25) is 0 Å². The van der Waals surface area contributed by atoms with E-state index in [0.717, 1.165) is 24.8 Å². The molecule has 0 spiro atoms. The first kappa shape index (κ1) is 19.8. The van der Waals surface area contributed by atoms with Crippen molar-refractivity contribution < 1.29 is 4.79 Å². The molecule has 2 aromatic carbocycles. The van der Waals surface area contributed by atoms with Crippen LogP contribution in [0.4, 0.5) is 0 Å². The van der Waals surface area contributed by atoms with Gasteiger partial charge >= 0.3 is 0 Å². The normalized spacial score (nSPS) is 15.0. The minimum atomic E-state index is 0.262. The van der Waals surface area contributed by atoms with Gasteiger partial charge in [-0.05, 0) is 76.2 Å². The minimum absolute atomic E-state index is 0.262. The number of carbonyl (C=O) groups is 1. The van der Waals surface area contributed by atoms with E-state index in [1.807, 2.05) is 24.3 Å². The number of ketones is 1. The zero-order valence-corrected chi connectivity index (χ0v) is 16.8. The monoisotopic (exact) mass is 363 g/mol. The van der Waals surface area contributed by atoms with Crippen molar-refractivity contribution in [2.45, 2.75) is 58.3 Å². The Morgan fingerprint density at radius 1 is 0.852 bits per heavy atom. The Hall–Kier alpha value is -1.93. The second-order valence-corrected chi connectivity index (χ2v) is 7.92. The molecule has 2 nitrogen and oxygen atoms in total. The van der Waals surface area contributed by atoms with Crippen molar-refractivity contribution in [2.24, 2.45) is 0 Å². The molecule has 1 aliphatic heterocycles. The number of rotatable bonds is 9. The fourth-order valence-corrected chi connectivity index (χ4v) is 4.04. The highest BCUT2D eigenvalue weighted by molar-refractivity contribution is 5.96. The molecule has 0 atom stereocenters. The van der Waals surface area contributed by atoms with E-state index in [-0.39, 0.29) is 5.78 Å². The van der Waals surface area contributed by atoms with Gasteiger partial charge in [0.05, 0.1) is 0 Å². The Labute approximate surface area is 164 Å². The van der Waals surface area contributed by atoms with E-state index in [1.165, 1.54) is 62.0 Å². The molecule has 0 radical (unpaired) electrons. The summed E-state index contributed by atoms with van der Waals surface area (Å²) in [7, 11) is 0. The third-order valence-electron chi connectivity index (χ3n) is 5.71. The van der Waals surface area contributed by atoms with Gasteiger partial charge in [0, 0.05) is 12.0 Å². The maximum absolute atomic E-state index is 12.4. The number of Topliss-reactive ketones (excluding diaryl/α,β-unsaturated/α-hetero) is 1. The molecule has 0 saturated carbocycles. The van der Waals surface area contributed by atoms with Gasteiger partial charge < -0.3 is 4.90 Å². The smallest absolute Gasteiger partial charge is 0.162 e. The van der Waals surface area contributed by atoms with Gasteiger partial charge in [-0.15, -0.1) is 0 Å². The fourth-order valence-electron chi connectivity index (χ4n) is 4.04. The predicted octanol–water partition coefficient (Wildman–Crippen LogP) is 5.62. The fraction of sp³-hybridized carbons (Fsp3) is 0.480. The quantitative estimate of drug-likeness (QED) is 0.539. The molecule has 3 rings (SSSR count). The lowest BCUT2D eigenvalue weighted by Crippen LogP contribution is -2.30. The number of nitrogens with zero attached hydrogens (tertiary/aromatic N) is 1. The largest absolute Gasteiger partial charge is 0.303 e. The van der Waals surface area contributed by atoms with Crippen LogP contribution in [0.25, 0.3) is 0 Å².